The molecule has 1 aromatic rings. The Morgan fingerprint density at radius 3 is 2.06 bits per heavy atom. The highest BCUT2D eigenvalue weighted by atomic mass is 19.4. The normalized spacial score (nSPS) is 14.8. The molecule has 5 heteroatoms. The van der Waals surface area contributed by atoms with Gasteiger partial charge in [-0.3, -0.25) is 0 Å². The standard InChI is InChI=1S/C12H15F3O2/c1-11(2,3)7-4-5-9(16)8(6-7)10(17)12(13,14)15/h4-6,10,16-17H,1-3H3. The first kappa shape index (κ1) is 13.8. The third-order valence-corrected chi connectivity index (χ3v) is 2.50. The van der Waals surface area contributed by atoms with Crippen molar-refractivity contribution < 1.29 is 23.4 Å². The van der Waals surface area contributed by atoms with Crippen LogP contribution in [0.1, 0.15) is 38.0 Å². The van der Waals surface area contributed by atoms with E-state index in [-0.39, 0.29) is 5.41 Å². The van der Waals surface area contributed by atoms with Gasteiger partial charge in [0.1, 0.15) is 5.75 Å². The lowest BCUT2D eigenvalue weighted by Gasteiger charge is -2.22. The number of hydrogen-bond donors (Lipinski definition) is 2. The summed E-state index contributed by atoms with van der Waals surface area (Å²) >= 11 is 0. The molecule has 0 saturated heterocycles. The highest BCUT2D eigenvalue weighted by Crippen LogP contribution is 2.38. The number of phenolic OH excluding ortho intramolecular Hbond substituents is 1. The van der Waals surface area contributed by atoms with Crippen LogP contribution in [0.3, 0.4) is 0 Å². The lowest BCUT2D eigenvalue weighted by molar-refractivity contribution is -0.207. The summed E-state index contributed by atoms with van der Waals surface area (Å²) in [6.07, 6.45) is -7.45. The average molecular weight is 248 g/mol. The van der Waals surface area contributed by atoms with Crippen LogP contribution in [0.2, 0.25) is 0 Å². The molecule has 0 amide bonds. The van der Waals surface area contributed by atoms with E-state index in [4.69, 9.17) is 5.11 Å². The molecule has 0 bridgehead atoms. The first-order valence-electron chi connectivity index (χ1n) is 5.11. The second-order valence-electron chi connectivity index (χ2n) is 4.97. The van der Waals surface area contributed by atoms with Gasteiger partial charge in [-0.15, -0.1) is 0 Å². The highest BCUT2D eigenvalue weighted by Gasteiger charge is 2.41. The van der Waals surface area contributed by atoms with E-state index in [9.17, 15) is 18.3 Å². The fraction of sp³-hybridized carbons (Fsp3) is 0.500. The zero-order valence-corrected chi connectivity index (χ0v) is 9.84. The van der Waals surface area contributed by atoms with Crippen LogP contribution in [0.5, 0.6) is 5.75 Å². The first-order chi connectivity index (χ1) is 7.53. The molecule has 96 valence electrons. The lowest BCUT2D eigenvalue weighted by atomic mass is 9.85. The van der Waals surface area contributed by atoms with Crippen LogP contribution in [0.15, 0.2) is 18.2 Å². The van der Waals surface area contributed by atoms with Gasteiger partial charge >= 0.3 is 6.18 Å². The summed E-state index contributed by atoms with van der Waals surface area (Å²) in [5, 5.41) is 18.5. The second kappa shape index (κ2) is 4.22. The molecule has 0 aliphatic heterocycles. The zero-order valence-electron chi connectivity index (χ0n) is 9.84. The number of benzene rings is 1. The lowest BCUT2D eigenvalue weighted by Crippen LogP contribution is -2.21. The van der Waals surface area contributed by atoms with Gasteiger partial charge < -0.3 is 10.2 Å². The second-order valence-corrected chi connectivity index (χ2v) is 4.97. The van der Waals surface area contributed by atoms with Gasteiger partial charge in [0, 0.05) is 5.56 Å². The van der Waals surface area contributed by atoms with Crippen LogP contribution < -0.4 is 0 Å². The zero-order chi connectivity index (χ0) is 13.4. The van der Waals surface area contributed by atoms with Crippen molar-refractivity contribution in [2.24, 2.45) is 0 Å². The molecule has 0 aliphatic rings. The summed E-state index contributed by atoms with van der Waals surface area (Å²) in [4.78, 5) is 0. The largest absolute Gasteiger partial charge is 0.508 e. The fourth-order valence-corrected chi connectivity index (χ4v) is 1.42. The molecule has 0 aromatic heterocycles. The van der Waals surface area contributed by atoms with Gasteiger partial charge in [-0.1, -0.05) is 26.8 Å². The molecule has 0 aliphatic carbocycles. The summed E-state index contributed by atoms with van der Waals surface area (Å²) in [5.41, 5.74) is -0.244. The van der Waals surface area contributed by atoms with Crippen LogP contribution in [0.25, 0.3) is 0 Å². The predicted octanol–water partition coefficient (Wildman–Crippen LogP) is 3.29. The topological polar surface area (TPSA) is 40.5 Å². The van der Waals surface area contributed by atoms with Crippen molar-refractivity contribution in [1.82, 2.24) is 0 Å². The van der Waals surface area contributed by atoms with E-state index in [2.05, 4.69) is 0 Å². The molecule has 1 atom stereocenters. The van der Waals surface area contributed by atoms with E-state index in [1.165, 1.54) is 12.1 Å². The Bertz CT molecular complexity index is 405. The first-order valence-corrected chi connectivity index (χ1v) is 5.11. The highest BCUT2D eigenvalue weighted by molar-refractivity contribution is 5.40. The van der Waals surface area contributed by atoms with E-state index in [1.54, 1.807) is 6.07 Å². The molecule has 17 heavy (non-hydrogen) atoms. The Hall–Kier alpha value is -1.23. The van der Waals surface area contributed by atoms with Gasteiger partial charge in [0.2, 0.25) is 0 Å². The van der Waals surface area contributed by atoms with Crippen molar-refractivity contribution in [3.05, 3.63) is 29.3 Å². The van der Waals surface area contributed by atoms with Crippen LogP contribution in [0, 0.1) is 0 Å². The summed E-state index contributed by atoms with van der Waals surface area (Å²) in [7, 11) is 0. The Morgan fingerprint density at radius 2 is 1.65 bits per heavy atom. The number of rotatable bonds is 1. The molecular formula is C12H15F3O2. The number of halogens is 3. The van der Waals surface area contributed by atoms with Crippen molar-refractivity contribution in [2.75, 3.05) is 0 Å². The molecule has 1 rings (SSSR count). The van der Waals surface area contributed by atoms with Crippen molar-refractivity contribution in [3.63, 3.8) is 0 Å². The SMILES string of the molecule is CC(C)(C)c1ccc(O)c(C(O)C(F)(F)F)c1. The molecule has 1 unspecified atom stereocenters. The molecule has 0 radical (unpaired) electrons. The smallest absolute Gasteiger partial charge is 0.418 e. The van der Waals surface area contributed by atoms with E-state index in [0.29, 0.717) is 5.56 Å². The minimum absolute atomic E-state index is 0.353. The molecule has 0 heterocycles. The Balaban J connectivity index is 3.25. The van der Waals surface area contributed by atoms with E-state index in [1.807, 2.05) is 20.8 Å². The summed E-state index contributed by atoms with van der Waals surface area (Å²) in [6, 6.07) is 3.90. The van der Waals surface area contributed by atoms with E-state index >= 15 is 0 Å². The van der Waals surface area contributed by atoms with Crippen LogP contribution >= 0.6 is 0 Å². The Morgan fingerprint density at radius 1 is 1.12 bits per heavy atom. The summed E-state index contributed by atoms with van der Waals surface area (Å²) in [5.74, 6) is -0.553. The van der Waals surface area contributed by atoms with Gasteiger partial charge in [-0.2, -0.15) is 13.2 Å². The van der Waals surface area contributed by atoms with Gasteiger partial charge in [-0.05, 0) is 23.1 Å². The minimum atomic E-state index is -4.78. The number of aromatic hydroxyl groups is 1. The van der Waals surface area contributed by atoms with Crippen molar-refractivity contribution in [2.45, 2.75) is 38.5 Å². The molecule has 2 nitrogen and oxygen atoms in total. The van der Waals surface area contributed by atoms with Crippen molar-refractivity contribution in [3.8, 4) is 5.75 Å². The molecule has 0 saturated carbocycles. The van der Waals surface area contributed by atoms with Gasteiger partial charge in [0.15, 0.2) is 6.10 Å². The van der Waals surface area contributed by atoms with E-state index < -0.39 is 23.6 Å². The molecule has 1 aromatic carbocycles. The Labute approximate surface area is 97.7 Å². The molecule has 2 N–H and O–H groups in total. The third kappa shape index (κ3) is 3.12. The van der Waals surface area contributed by atoms with Gasteiger partial charge in [-0.25, -0.2) is 0 Å². The third-order valence-electron chi connectivity index (χ3n) is 2.50. The quantitative estimate of drug-likeness (QED) is 0.800. The summed E-state index contributed by atoms with van der Waals surface area (Å²) in [6.45, 7) is 5.51. The van der Waals surface area contributed by atoms with Gasteiger partial charge in [0.05, 0.1) is 0 Å². The van der Waals surface area contributed by atoms with E-state index in [0.717, 1.165) is 0 Å². The maximum atomic E-state index is 12.4. The van der Waals surface area contributed by atoms with Gasteiger partial charge in [0.25, 0.3) is 0 Å². The van der Waals surface area contributed by atoms with Crippen LogP contribution in [0.4, 0.5) is 13.2 Å². The minimum Gasteiger partial charge on any atom is -0.508 e. The molecular weight excluding hydrogens is 233 g/mol. The van der Waals surface area contributed by atoms with Crippen molar-refractivity contribution >= 4 is 0 Å². The predicted molar refractivity (Wildman–Crippen MR) is 57.8 cm³/mol. The van der Waals surface area contributed by atoms with Crippen molar-refractivity contribution in [1.29, 1.82) is 0 Å². The number of alkyl halides is 3. The average Bonchev–Trinajstić information content (AvgIpc) is 2.14. The monoisotopic (exact) mass is 248 g/mol. The maximum absolute atomic E-state index is 12.4. The van der Waals surface area contributed by atoms with Crippen LogP contribution in [-0.2, 0) is 5.41 Å². The fourth-order valence-electron chi connectivity index (χ4n) is 1.42. The van der Waals surface area contributed by atoms with Crippen LogP contribution in [-0.4, -0.2) is 16.4 Å². The molecule has 0 spiro atoms. The number of aliphatic hydroxyl groups excluding tert-OH is 1. The Kier molecular flexibility index (Phi) is 3.43. The number of hydrogen-bond acceptors (Lipinski definition) is 2. The summed E-state index contributed by atoms with van der Waals surface area (Å²) < 4.78 is 37.1. The number of phenols is 1. The molecule has 0 fully saturated rings. The maximum Gasteiger partial charge on any atom is 0.418 e. The number of aliphatic hydroxyl groups is 1.